The van der Waals surface area contributed by atoms with Gasteiger partial charge < -0.3 is 4.42 Å². The van der Waals surface area contributed by atoms with Gasteiger partial charge in [-0.05, 0) is 24.6 Å². The van der Waals surface area contributed by atoms with E-state index in [-0.39, 0.29) is 9.79 Å². The van der Waals surface area contributed by atoms with Gasteiger partial charge in [-0.3, -0.25) is 0 Å². The van der Waals surface area contributed by atoms with E-state index in [0.717, 1.165) is 12.0 Å². The molecule has 0 aliphatic heterocycles. The molecule has 0 atom stereocenters. The fourth-order valence-corrected chi connectivity index (χ4v) is 3.97. The van der Waals surface area contributed by atoms with Crippen molar-refractivity contribution in [3.63, 3.8) is 0 Å². The summed E-state index contributed by atoms with van der Waals surface area (Å²) in [4.78, 5) is 0.470. The van der Waals surface area contributed by atoms with Crippen LogP contribution in [0.3, 0.4) is 0 Å². The first-order valence-electron chi connectivity index (χ1n) is 7.72. The van der Waals surface area contributed by atoms with Crippen LogP contribution < -0.4 is 0 Å². The monoisotopic (exact) mass is 338 g/mol. The predicted molar refractivity (Wildman–Crippen MR) is 94.6 cm³/mol. The lowest BCUT2D eigenvalue weighted by Gasteiger charge is -2.05. The van der Waals surface area contributed by atoms with E-state index in [2.05, 4.69) is 6.58 Å². The smallest absolute Gasteiger partial charge is 0.210 e. The number of benzene rings is 2. The zero-order chi connectivity index (χ0) is 17.0. The minimum Gasteiger partial charge on any atom is -0.460 e. The zero-order valence-corrected chi connectivity index (χ0v) is 14.0. The Balaban J connectivity index is 2.15. The SMILES string of the molecule is C=CCCc1cc(S(=O)(=O)c2ccccc2)c(-c2ccccc2)o1. The summed E-state index contributed by atoms with van der Waals surface area (Å²) in [5, 5.41) is 0. The van der Waals surface area contributed by atoms with Gasteiger partial charge in [0.2, 0.25) is 9.84 Å². The molecule has 122 valence electrons. The lowest BCUT2D eigenvalue weighted by molar-refractivity contribution is 0.519. The number of hydrogen-bond acceptors (Lipinski definition) is 3. The average molecular weight is 338 g/mol. The molecule has 3 aromatic rings. The van der Waals surface area contributed by atoms with Crippen molar-refractivity contribution in [1.82, 2.24) is 0 Å². The number of rotatable bonds is 6. The van der Waals surface area contributed by atoms with Gasteiger partial charge in [0.25, 0.3) is 0 Å². The van der Waals surface area contributed by atoms with Crippen LogP contribution in [0, 0.1) is 0 Å². The molecule has 0 N–H and O–H groups in total. The van der Waals surface area contributed by atoms with E-state index in [1.807, 2.05) is 30.3 Å². The van der Waals surface area contributed by atoms with Crippen LogP contribution in [0.5, 0.6) is 0 Å². The second-order valence-corrected chi connectivity index (χ2v) is 7.33. The standard InChI is InChI=1S/C20H18O3S/c1-2-3-12-17-15-19(20(23-17)16-10-6-4-7-11-16)24(21,22)18-13-8-5-9-14-18/h2,4-11,13-15H,1,3,12H2. The summed E-state index contributed by atoms with van der Waals surface area (Å²) in [5.74, 6) is 1.03. The highest BCUT2D eigenvalue weighted by Crippen LogP contribution is 2.34. The van der Waals surface area contributed by atoms with E-state index >= 15 is 0 Å². The molecule has 0 bridgehead atoms. The quantitative estimate of drug-likeness (QED) is 0.601. The topological polar surface area (TPSA) is 47.3 Å². The molecule has 3 rings (SSSR count). The highest BCUT2D eigenvalue weighted by atomic mass is 32.2. The van der Waals surface area contributed by atoms with Crippen molar-refractivity contribution < 1.29 is 12.8 Å². The molecule has 4 heteroatoms. The Morgan fingerprint density at radius 3 is 2.21 bits per heavy atom. The van der Waals surface area contributed by atoms with Gasteiger partial charge in [0, 0.05) is 12.0 Å². The highest BCUT2D eigenvalue weighted by molar-refractivity contribution is 7.91. The maximum absolute atomic E-state index is 13.0. The summed E-state index contributed by atoms with van der Waals surface area (Å²) in [6.07, 6.45) is 3.14. The molecule has 0 aliphatic rings. The van der Waals surface area contributed by atoms with Crippen molar-refractivity contribution >= 4 is 9.84 Å². The Morgan fingerprint density at radius 1 is 0.958 bits per heavy atom. The van der Waals surface area contributed by atoms with Gasteiger partial charge in [-0.25, -0.2) is 8.42 Å². The van der Waals surface area contributed by atoms with Gasteiger partial charge >= 0.3 is 0 Å². The molecule has 0 aliphatic carbocycles. The predicted octanol–water partition coefficient (Wildman–Crippen LogP) is 4.90. The van der Waals surface area contributed by atoms with Gasteiger partial charge in [0.1, 0.15) is 10.7 Å². The molecular formula is C20H18O3S. The van der Waals surface area contributed by atoms with Gasteiger partial charge in [-0.1, -0.05) is 54.6 Å². The third-order valence-electron chi connectivity index (χ3n) is 3.72. The molecule has 0 saturated heterocycles. The summed E-state index contributed by atoms with van der Waals surface area (Å²) in [7, 11) is -3.64. The van der Waals surface area contributed by atoms with E-state index < -0.39 is 9.84 Å². The molecule has 24 heavy (non-hydrogen) atoms. The van der Waals surface area contributed by atoms with E-state index in [4.69, 9.17) is 4.42 Å². The molecule has 0 amide bonds. The van der Waals surface area contributed by atoms with E-state index in [1.165, 1.54) is 0 Å². The van der Waals surface area contributed by atoms with Crippen LogP contribution in [0.4, 0.5) is 0 Å². The Bertz CT molecular complexity index is 924. The lowest BCUT2D eigenvalue weighted by atomic mass is 10.2. The number of allylic oxidation sites excluding steroid dienone is 1. The summed E-state index contributed by atoms with van der Waals surface area (Å²) >= 11 is 0. The molecule has 1 aromatic heterocycles. The Morgan fingerprint density at radius 2 is 1.58 bits per heavy atom. The van der Waals surface area contributed by atoms with Gasteiger partial charge in [-0.2, -0.15) is 0 Å². The zero-order valence-electron chi connectivity index (χ0n) is 13.2. The average Bonchev–Trinajstić information content (AvgIpc) is 3.06. The Hall–Kier alpha value is -2.59. The number of aryl methyl sites for hydroxylation is 1. The molecule has 3 nitrogen and oxygen atoms in total. The summed E-state index contributed by atoms with van der Waals surface area (Å²) in [6, 6.07) is 19.4. The number of hydrogen-bond donors (Lipinski definition) is 0. The molecular weight excluding hydrogens is 320 g/mol. The summed E-state index contributed by atoms with van der Waals surface area (Å²) in [5.41, 5.74) is 0.747. The maximum Gasteiger partial charge on any atom is 0.210 e. The van der Waals surface area contributed by atoms with Crippen molar-refractivity contribution in [1.29, 1.82) is 0 Å². The van der Waals surface area contributed by atoms with Crippen molar-refractivity contribution in [2.75, 3.05) is 0 Å². The second kappa shape index (κ2) is 6.89. The van der Waals surface area contributed by atoms with Crippen LogP contribution in [0.25, 0.3) is 11.3 Å². The van der Waals surface area contributed by atoms with Crippen molar-refractivity contribution in [3.05, 3.63) is 85.1 Å². The number of furan rings is 1. The molecule has 0 saturated carbocycles. The largest absolute Gasteiger partial charge is 0.460 e. The van der Waals surface area contributed by atoms with Crippen LogP contribution >= 0.6 is 0 Å². The van der Waals surface area contributed by atoms with Gasteiger partial charge in [0.15, 0.2) is 5.76 Å². The molecule has 0 spiro atoms. The third kappa shape index (κ3) is 3.19. The lowest BCUT2D eigenvalue weighted by Crippen LogP contribution is -2.01. The third-order valence-corrected chi connectivity index (χ3v) is 5.50. The minimum atomic E-state index is -3.64. The fraction of sp³-hybridized carbons (Fsp3) is 0.100. The number of sulfone groups is 1. The first-order valence-corrected chi connectivity index (χ1v) is 9.20. The van der Waals surface area contributed by atoms with Crippen molar-refractivity contribution in [2.45, 2.75) is 22.6 Å². The molecule has 1 heterocycles. The molecule has 2 aromatic carbocycles. The van der Waals surface area contributed by atoms with Crippen LogP contribution in [0.1, 0.15) is 12.2 Å². The van der Waals surface area contributed by atoms with Crippen LogP contribution in [-0.2, 0) is 16.3 Å². The highest BCUT2D eigenvalue weighted by Gasteiger charge is 2.26. The first-order chi connectivity index (χ1) is 11.6. The van der Waals surface area contributed by atoms with Gasteiger partial charge in [-0.15, -0.1) is 6.58 Å². The first kappa shape index (κ1) is 16.3. The van der Waals surface area contributed by atoms with Crippen LogP contribution in [0.15, 0.2) is 93.6 Å². The minimum absolute atomic E-state index is 0.207. The summed E-state index contributed by atoms with van der Waals surface area (Å²) in [6.45, 7) is 3.70. The van der Waals surface area contributed by atoms with E-state index in [9.17, 15) is 8.42 Å². The molecule has 0 fully saturated rings. The van der Waals surface area contributed by atoms with Crippen LogP contribution in [0.2, 0.25) is 0 Å². The Kier molecular flexibility index (Phi) is 4.67. The molecule has 0 unspecified atom stereocenters. The van der Waals surface area contributed by atoms with Gasteiger partial charge in [0.05, 0.1) is 4.90 Å². The Labute approximate surface area is 142 Å². The fourth-order valence-electron chi connectivity index (χ4n) is 2.51. The van der Waals surface area contributed by atoms with Crippen LogP contribution in [-0.4, -0.2) is 8.42 Å². The second-order valence-electron chi connectivity index (χ2n) is 5.42. The van der Waals surface area contributed by atoms with E-state index in [0.29, 0.717) is 17.9 Å². The normalized spacial score (nSPS) is 11.3. The van der Waals surface area contributed by atoms with E-state index in [1.54, 1.807) is 42.5 Å². The van der Waals surface area contributed by atoms with Crippen molar-refractivity contribution in [2.24, 2.45) is 0 Å². The summed E-state index contributed by atoms with van der Waals surface area (Å²) < 4.78 is 32.0. The maximum atomic E-state index is 13.0. The molecule has 0 radical (unpaired) electrons. The van der Waals surface area contributed by atoms with Crippen molar-refractivity contribution in [3.8, 4) is 11.3 Å².